The summed E-state index contributed by atoms with van der Waals surface area (Å²) in [5.74, 6) is 0.600. The van der Waals surface area contributed by atoms with Crippen LogP contribution in [0.5, 0.6) is 0 Å². The quantitative estimate of drug-likeness (QED) is 0.910. The van der Waals surface area contributed by atoms with Crippen molar-refractivity contribution in [3.05, 3.63) is 33.8 Å². The van der Waals surface area contributed by atoms with E-state index >= 15 is 0 Å². The molecule has 3 nitrogen and oxygen atoms in total. The van der Waals surface area contributed by atoms with E-state index in [0.717, 1.165) is 32.5 Å². The number of amides is 1. The molecule has 1 N–H and O–H groups in total. The summed E-state index contributed by atoms with van der Waals surface area (Å²) in [6.07, 6.45) is 2.25. The lowest BCUT2D eigenvalue weighted by molar-refractivity contribution is 0.0658. The van der Waals surface area contributed by atoms with E-state index < -0.39 is 0 Å². The lowest BCUT2D eigenvalue weighted by Gasteiger charge is -2.33. The predicted molar refractivity (Wildman–Crippen MR) is 88.2 cm³/mol. The summed E-state index contributed by atoms with van der Waals surface area (Å²) < 4.78 is 0. The fourth-order valence-electron chi connectivity index (χ4n) is 2.67. The van der Waals surface area contributed by atoms with Gasteiger partial charge in [-0.25, -0.2) is 0 Å². The van der Waals surface area contributed by atoms with Crippen LogP contribution in [-0.4, -0.2) is 36.5 Å². The lowest BCUT2D eigenvalue weighted by atomic mass is 9.96. The van der Waals surface area contributed by atoms with Gasteiger partial charge in [0.1, 0.15) is 0 Å². The number of benzene rings is 1. The molecule has 1 aromatic rings. The van der Waals surface area contributed by atoms with Gasteiger partial charge in [-0.2, -0.15) is 0 Å². The molecule has 0 aromatic heterocycles. The van der Waals surface area contributed by atoms with Gasteiger partial charge in [-0.1, -0.05) is 23.2 Å². The molecule has 21 heavy (non-hydrogen) atoms. The number of halogens is 2. The normalized spacial score (nSPS) is 16.2. The highest BCUT2D eigenvalue weighted by Gasteiger charge is 2.24. The van der Waals surface area contributed by atoms with Crippen molar-refractivity contribution < 1.29 is 4.79 Å². The van der Waals surface area contributed by atoms with Gasteiger partial charge in [0.15, 0.2) is 0 Å². The Bertz CT molecular complexity index is 499. The van der Waals surface area contributed by atoms with Crippen molar-refractivity contribution in [2.24, 2.45) is 5.92 Å². The first-order valence-corrected chi connectivity index (χ1v) is 8.21. The van der Waals surface area contributed by atoms with Crippen LogP contribution >= 0.6 is 23.2 Å². The molecule has 0 atom stereocenters. The SMILES string of the molecule is CC(C)N(CC1CCNCC1)C(=O)c1ccc(Cl)c(Cl)c1. The molecule has 1 aliphatic heterocycles. The van der Waals surface area contributed by atoms with Crippen molar-refractivity contribution >= 4 is 29.1 Å². The second kappa shape index (κ2) is 7.48. The van der Waals surface area contributed by atoms with Crippen LogP contribution in [0.3, 0.4) is 0 Å². The van der Waals surface area contributed by atoms with Crippen molar-refractivity contribution in [3.63, 3.8) is 0 Å². The third-order valence-electron chi connectivity index (χ3n) is 3.96. The minimum atomic E-state index is 0.0297. The van der Waals surface area contributed by atoms with E-state index in [4.69, 9.17) is 23.2 Å². The molecule has 0 radical (unpaired) electrons. The maximum absolute atomic E-state index is 12.7. The predicted octanol–water partition coefficient (Wildman–Crippen LogP) is 3.84. The minimum absolute atomic E-state index is 0.0297. The van der Waals surface area contributed by atoms with Crippen molar-refractivity contribution in [2.75, 3.05) is 19.6 Å². The first kappa shape index (κ1) is 16.6. The zero-order valence-electron chi connectivity index (χ0n) is 12.5. The van der Waals surface area contributed by atoms with Crippen molar-refractivity contribution in [3.8, 4) is 0 Å². The van der Waals surface area contributed by atoms with E-state index in [0.29, 0.717) is 21.5 Å². The van der Waals surface area contributed by atoms with E-state index in [9.17, 15) is 4.79 Å². The second-order valence-corrected chi connectivity index (χ2v) is 6.69. The molecular formula is C16H22Cl2N2O. The summed E-state index contributed by atoms with van der Waals surface area (Å²) >= 11 is 11.9. The number of nitrogens with one attached hydrogen (secondary N) is 1. The van der Waals surface area contributed by atoms with Gasteiger partial charge in [0.05, 0.1) is 10.0 Å². The van der Waals surface area contributed by atoms with Crippen LogP contribution < -0.4 is 5.32 Å². The standard InChI is InChI=1S/C16H22Cl2N2O/c1-11(2)20(10-12-5-7-19-8-6-12)16(21)13-3-4-14(17)15(18)9-13/h3-4,9,11-12,19H,5-8,10H2,1-2H3. The zero-order chi connectivity index (χ0) is 15.4. The van der Waals surface area contributed by atoms with Gasteiger partial charge in [-0.05, 0) is 63.9 Å². The first-order chi connectivity index (χ1) is 9.99. The Kier molecular flexibility index (Phi) is 5.91. The third kappa shape index (κ3) is 4.35. The summed E-state index contributed by atoms with van der Waals surface area (Å²) in [6, 6.07) is 5.25. The lowest BCUT2D eigenvalue weighted by Crippen LogP contribution is -2.43. The second-order valence-electron chi connectivity index (χ2n) is 5.87. The molecule has 1 heterocycles. The van der Waals surface area contributed by atoms with Crippen LogP contribution in [0.4, 0.5) is 0 Å². The molecule has 0 unspecified atom stereocenters. The van der Waals surface area contributed by atoms with Crippen molar-refractivity contribution in [2.45, 2.75) is 32.7 Å². The average Bonchev–Trinajstić information content (AvgIpc) is 2.47. The Balaban J connectivity index is 2.12. The van der Waals surface area contributed by atoms with Crippen LogP contribution in [-0.2, 0) is 0 Å². The molecule has 1 amide bonds. The maximum atomic E-state index is 12.7. The molecule has 0 saturated carbocycles. The van der Waals surface area contributed by atoms with E-state index in [1.54, 1.807) is 18.2 Å². The van der Waals surface area contributed by atoms with Crippen molar-refractivity contribution in [1.82, 2.24) is 10.2 Å². The van der Waals surface area contributed by atoms with Crippen LogP contribution in [0.15, 0.2) is 18.2 Å². The molecule has 1 saturated heterocycles. The highest BCUT2D eigenvalue weighted by molar-refractivity contribution is 6.42. The van der Waals surface area contributed by atoms with Crippen LogP contribution in [0, 0.1) is 5.92 Å². The summed E-state index contributed by atoms with van der Waals surface area (Å²) in [6.45, 7) is 6.99. The number of carbonyl (C=O) groups excluding carboxylic acids is 1. The Morgan fingerprint density at radius 2 is 1.95 bits per heavy atom. The zero-order valence-corrected chi connectivity index (χ0v) is 14.0. The fourth-order valence-corrected chi connectivity index (χ4v) is 2.96. The number of hydrogen-bond acceptors (Lipinski definition) is 2. The minimum Gasteiger partial charge on any atom is -0.336 e. The molecular weight excluding hydrogens is 307 g/mol. The van der Waals surface area contributed by atoms with E-state index in [1.807, 2.05) is 4.90 Å². The third-order valence-corrected chi connectivity index (χ3v) is 4.70. The molecule has 1 fully saturated rings. The van der Waals surface area contributed by atoms with Gasteiger partial charge in [0, 0.05) is 18.2 Å². The summed E-state index contributed by atoms with van der Waals surface area (Å²) in [5.41, 5.74) is 0.604. The summed E-state index contributed by atoms with van der Waals surface area (Å²) in [5, 5.41) is 4.26. The first-order valence-electron chi connectivity index (χ1n) is 7.45. The van der Waals surface area contributed by atoms with Gasteiger partial charge >= 0.3 is 0 Å². The van der Waals surface area contributed by atoms with E-state index in [2.05, 4.69) is 19.2 Å². The smallest absolute Gasteiger partial charge is 0.254 e. The highest BCUT2D eigenvalue weighted by Crippen LogP contribution is 2.24. The van der Waals surface area contributed by atoms with Crippen LogP contribution in [0.1, 0.15) is 37.0 Å². The molecule has 2 rings (SSSR count). The number of carbonyl (C=O) groups is 1. The fraction of sp³-hybridized carbons (Fsp3) is 0.562. The van der Waals surface area contributed by atoms with E-state index in [1.165, 1.54) is 0 Å². The summed E-state index contributed by atoms with van der Waals surface area (Å²) in [7, 11) is 0. The Morgan fingerprint density at radius 3 is 2.52 bits per heavy atom. The summed E-state index contributed by atoms with van der Waals surface area (Å²) in [4.78, 5) is 14.7. The van der Waals surface area contributed by atoms with Gasteiger partial charge in [-0.15, -0.1) is 0 Å². The van der Waals surface area contributed by atoms with E-state index in [-0.39, 0.29) is 11.9 Å². The van der Waals surface area contributed by atoms with Crippen molar-refractivity contribution in [1.29, 1.82) is 0 Å². The number of hydrogen-bond donors (Lipinski definition) is 1. The highest BCUT2D eigenvalue weighted by atomic mass is 35.5. The number of rotatable bonds is 4. The average molecular weight is 329 g/mol. The molecule has 0 aliphatic carbocycles. The van der Waals surface area contributed by atoms with Gasteiger partial charge in [-0.3, -0.25) is 4.79 Å². The maximum Gasteiger partial charge on any atom is 0.254 e. The molecule has 1 aliphatic rings. The number of nitrogens with zero attached hydrogens (tertiary/aromatic N) is 1. The van der Waals surface area contributed by atoms with Crippen LogP contribution in [0.2, 0.25) is 10.0 Å². The van der Waals surface area contributed by atoms with Crippen LogP contribution in [0.25, 0.3) is 0 Å². The Morgan fingerprint density at radius 1 is 1.29 bits per heavy atom. The Labute approximate surface area is 136 Å². The molecule has 116 valence electrons. The number of piperidine rings is 1. The molecule has 5 heteroatoms. The Hall–Kier alpha value is -0.770. The molecule has 0 bridgehead atoms. The monoisotopic (exact) mass is 328 g/mol. The van der Waals surface area contributed by atoms with Gasteiger partial charge in [0.25, 0.3) is 5.91 Å². The topological polar surface area (TPSA) is 32.3 Å². The molecule has 0 spiro atoms. The molecule has 1 aromatic carbocycles. The van der Waals surface area contributed by atoms with Gasteiger partial charge in [0.2, 0.25) is 0 Å². The van der Waals surface area contributed by atoms with Gasteiger partial charge < -0.3 is 10.2 Å². The largest absolute Gasteiger partial charge is 0.336 e.